The van der Waals surface area contributed by atoms with Gasteiger partial charge in [-0.2, -0.15) is 0 Å². The Morgan fingerprint density at radius 1 is 1.39 bits per heavy atom. The average Bonchev–Trinajstić information content (AvgIpc) is 2.58. The molecule has 0 radical (unpaired) electrons. The van der Waals surface area contributed by atoms with Crippen LogP contribution >= 0.6 is 0 Å². The van der Waals surface area contributed by atoms with Crippen LogP contribution in [0.5, 0.6) is 0 Å². The van der Waals surface area contributed by atoms with E-state index in [1.165, 1.54) is 0 Å². The van der Waals surface area contributed by atoms with Crippen molar-refractivity contribution in [3.05, 3.63) is 0 Å². The van der Waals surface area contributed by atoms with E-state index in [1.807, 2.05) is 18.7 Å². The van der Waals surface area contributed by atoms with Gasteiger partial charge in [-0.1, -0.05) is 27.7 Å². The van der Waals surface area contributed by atoms with Gasteiger partial charge in [-0.05, 0) is 24.7 Å². The molecule has 1 N–H and O–H groups in total. The van der Waals surface area contributed by atoms with Crippen LogP contribution < -0.4 is 0 Å². The molecule has 4 nitrogen and oxygen atoms in total. The predicted octanol–water partition coefficient (Wildman–Crippen LogP) is 2.38. The van der Waals surface area contributed by atoms with Gasteiger partial charge in [0.15, 0.2) is 0 Å². The minimum Gasteiger partial charge on any atom is -0.481 e. The molecule has 1 heterocycles. The third-order valence-corrected chi connectivity index (χ3v) is 4.31. The molecule has 1 aliphatic rings. The van der Waals surface area contributed by atoms with Crippen molar-refractivity contribution in [2.75, 3.05) is 13.1 Å². The zero-order chi connectivity index (χ0) is 14.1. The van der Waals surface area contributed by atoms with E-state index in [-0.39, 0.29) is 23.7 Å². The Labute approximate surface area is 109 Å². The van der Waals surface area contributed by atoms with Crippen LogP contribution in [0.1, 0.15) is 47.5 Å². The summed E-state index contributed by atoms with van der Waals surface area (Å²) in [5.41, 5.74) is -0.809. The molecule has 1 rings (SSSR count). The normalized spacial score (nSPS) is 22.0. The number of carboxylic acid groups (broad SMARTS) is 1. The summed E-state index contributed by atoms with van der Waals surface area (Å²) in [4.78, 5) is 25.4. The number of hydrogen-bond acceptors (Lipinski definition) is 2. The lowest BCUT2D eigenvalue weighted by molar-refractivity contribution is -0.155. The smallest absolute Gasteiger partial charge is 0.310 e. The third-order valence-electron chi connectivity index (χ3n) is 4.31. The second-order valence-corrected chi connectivity index (χ2v) is 6.78. The summed E-state index contributed by atoms with van der Waals surface area (Å²) < 4.78 is 0. The third kappa shape index (κ3) is 3.03. The molecule has 0 spiro atoms. The van der Waals surface area contributed by atoms with Gasteiger partial charge in [0.2, 0.25) is 5.91 Å². The summed E-state index contributed by atoms with van der Waals surface area (Å²) >= 11 is 0. The van der Waals surface area contributed by atoms with E-state index in [1.54, 1.807) is 6.92 Å². The number of carbonyl (C=O) groups is 2. The molecular formula is C14H25NO3. The zero-order valence-electron chi connectivity index (χ0n) is 12.1. The van der Waals surface area contributed by atoms with Gasteiger partial charge in [0.1, 0.15) is 0 Å². The Kier molecular flexibility index (Phi) is 4.08. The lowest BCUT2D eigenvalue weighted by Crippen LogP contribution is -2.40. The van der Waals surface area contributed by atoms with Crippen LogP contribution in [-0.4, -0.2) is 35.0 Å². The highest BCUT2D eigenvalue weighted by atomic mass is 16.4. The van der Waals surface area contributed by atoms with Gasteiger partial charge >= 0.3 is 5.97 Å². The fraction of sp³-hybridized carbons (Fsp3) is 0.857. The van der Waals surface area contributed by atoms with E-state index in [0.717, 1.165) is 19.5 Å². The first-order valence-electron chi connectivity index (χ1n) is 6.60. The molecule has 1 aliphatic heterocycles. The molecule has 0 aliphatic carbocycles. The maximum Gasteiger partial charge on any atom is 0.310 e. The maximum absolute atomic E-state index is 12.2. The first-order valence-corrected chi connectivity index (χ1v) is 6.60. The number of likely N-dealkylation sites (tertiary alicyclic amines) is 1. The number of rotatable bonds is 4. The Balaban J connectivity index is 2.72. The fourth-order valence-corrected chi connectivity index (χ4v) is 2.28. The molecule has 1 atom stereocenters. The number of nitrogens with zero attached hydrogens (tertiary/aromatic N) is 1. The largest absolute Gasteiger partial charge is 0.481 e. The van der Waals surface area contributed by atoms with E-state index in [9.17, 15) is 14.7 Å². The van der Waals surface area contributed by atoms with E-state index >= 15 is 0 Å². The highest BCUT2D eigenvalue weighted by Crippen LogP contribution is 2.35. The van der Waals surface area contributed by atoms with Gasteiger partial charge in [-0.3, -0.25) is 9.59 Å². The van der Waals surface area contributed by atoms with Crippen LogP contribution in [-0.2, 0) is 9.59 Å². The predicted molar refractivity (Wildman–Crippen MR) is 70.2 cm³/mol. The first kappa shape index (κ1) is 15.0. The summed E-state index contributed by atoms with van der Waals surface area (Å²) in [6.07, 6.45) is 1.08. The highest BCUT2D eigenvalue weighted by molar-refractivity contribution is 5.85. The van der Waals surface area contributed by atoms with Crippen molar-refractivity contribution >= 4 is 11.9 Å². The molecule has 0 aromatic rings. The zero-order valence-corrected chi connectivity index (χ0v) is 12.1. The van der Waals surface area contributed by atoms with Crippen molar-refractivity contribution in [3.8, 4) is 0 Å². The molecule has 18 heavy (non-hydrogen) atoms. The van der Waals surface area contributed by atoms with Gasteiger partial charge in [0, 0.05) is 19.5 Å². The van der Waals surface area contributed by atoms with Crippen LogP contribution in [0, 0.1) is 16.7 Å². The van der Waals surface area contributed by atoms with Crippen molar-refractivity contribution in [2.45, 2.75) is 47.5 Å². The molecular weight excluding hydrogens is 230 g/mol. The van der Waals surface area contributed by atoms with Crippen LogP contribution in [0.25, 0.3) is 0 Å². The first-order chi connectivity index (χ1) is 8.08. The Hall–Kier alpha value is -1.06. The topological polar surface area (TPSA) is 57.6 Å². The quantitative estimate of drug-likeness (QED) is 0.839. The second-order valence-electron chi connectivity index (χ2n) is 6.78. The molecule has 1 unspecified atom stereocenters. The summed E-state index contributed by atoms with van der Waals surface area (Å²) in [6.45, 7) is 11.1. The minimum absolute atomic E-state index is 0.0285. The molecule has 1 saturated heterocycles. The average molecular weight is 255 g/mol. The Morgan fingerprint density at radius 3 is 2.28 bits per heavy atom. The molecule has 4 heteroatoms. The van der Waals surface area contributed by atoms with Crippen molar-refractivity contribution in [1.82, 2.24) is 4.90 Å². The lowest BCUT2D eigenvalue weighted by Gasteiger charge is -2.30. The van der Waals surface area contributed by atoms with Crippen molar-refractivity contribution < 1.29 is 14.7 Å². The number of amides is 1. The van der Waals surface area contributed by atoms with Crippen LogP contribution in [0.3, 0.4) is 0 Å². The minimum atomic E-state index is -0.968. The lowest BCUT2D eigenvalue weighted by atomic mass is 9.76. The standard InChI is InChI=1S/C14H25NO3/c1-10(2)14(5,12(17)18)8-11(16)15-7-6-13(3,4)9-15/h10H,6-9H2,1-5H3,(H,17,18). The van der Waals surface area contributed by atoms with E-state index in [0.29, 0.717) is 0 Å². The summed E-state index contributed by atoms with van der Waals surface area (Å²) in [5, 5.41) is 9.33. The van der Waals surface area contributed by atoms with Crippen molar-refractivity contribution in [1.29, 1.82) is 0 Å². The van der Waals surface area contributed by atoms with Gasteiger partial charge in [0.05, 0.1) is 5.41 Å². The Morgan fingerprint density at radius 2 is 1.94 bits per heavy atom. The molecule has 104 valence electrons. The maximum atomic E-state index is 12.2. The van der Waals surface area contributed by atoms with Gasteiger partial charge in [-0.15, -0.1) is 0 Å². The molecule has 0 bridgehead atoms. The Bertz CT molecular complexity index is 349. The van der Waals surface area contributed by atoms with Crippen molar-refractivity contribution in [3.63, 3.8) is 0 Å². The van der Waals surface area contributed by atoms with E-state index in [4.69, 9.17) is 0 Å². The second kappa shape index (κ2) is 4.90. The van der Waals surface area contributed by atoms with Gasteiger partial charge in [0.25, 0.3) is 0 Å². The number of carbonyl (C=O) groups excluding carboxylic acids is 1. The van der Waals surface area contributed by atoms with Gasteiger partial charge in [-0.25, -0.2) is 0 Å². The number of aliphatic carboxylic acids is 1. The highest BCUT2D eigenvalue weighted by Gasteiger charge is 2.41. The van der Waals surface area contributed by atoms with E-state index < -0.39 is 11.4 Å². The van der Waals surface area contributed by atoms with Crippen LogP contribution in [0.4, 0.5) is 0 Å². The number of carboxylic acids is 1. The molecule has 1 fully saturated rings. The molecule has 0 aromatic carbocycles. The summed E-state index contributed by atoms with van der Waals surface area (Å²) in [5.74, 6) is -0.974. The molecule has 0 aromatic heterocycles. The monoisotopic (exact) mass is 255 g/mol. The van der Waals surface area contributed by atoms with Crippen LogP contribution in [0.2, 0.25) is 0 Å². The summed E-state index contributed by atoms with van der Waals surface area (Å²) in [6, 6.07) is 0. The van der Waals surface area contributed by atoms with Crippen LogP contribution in [0.15, 0.2) is 0 Å². The SMILES string of the molecule is CC(C)C(C)(CC(=O)N1CCC(C)(C)C1)C(=O)O. The number of hydrogen-bond donors (Lipinski definition) is 1. The molecule has 0 saturated carbocycles. The molecule has 1 amide bonds. The fourth-order valence-electron chi connectivity index (χ4n) is 2.28. The van der Waals surface area contributed by atoms with Gasteiger partial charge < -0.3 is 10.0 Å². The van der Waals surface area contributed by atoms with Crippen molar-refractivity contribution in [2.24, 2.45) is 16.7 Å². The summed E-state index contributed by atoms with van der Waals surface area (Å²) in [7, 11) is 0. The van der Waals surface area contributed by atoms with E-state index in [2.05, 4.69) is 13.8 Å².